The molecule has 0 aliphatic heterocycles. The SMILES string of the molecule is COCCn1ncc(Br)c1C(N)C(OC)C1CCCCC1. The van der Waals surface area contributed by atoms with Crippen LogP contribution in [-0.2, 0) is 16.0 Å². The van der Waals surface area contributed by atoms with Gasteiger partial charge < -0.3 is 15.2 Å². The van der Waals surface area contributed by atoms with E-state index in [0.29, 0.717) is 19.1 Å². The maximum Gasteiger partial charge on any atom is 0.0807 e. The van der Waals surface area contributed by atoms with E-state index in [2.05, 4.69) is 21.0 Å². The molecule has 0 saturated heterocycles. The maximum atomic E-state index is 6.54. The summed E-state index contributed by atoms with van der Waals surface area (Å²) in [5.41, 5.74) is 7.55. The smallest absolute Gasteiger partial charge is 0.0807 e. The molecular weight excluding hydrogens is 334 g/mol. The van der Waals surface area contributed by atoms with Gasteiger partial charge in [0.1, 0.15) is 0 Å². The summed E-state index contributed by atoms with van der Waals surface area (Å²) in [5.74, 6) is 0.538. The molecule has 21 heavy (non-hydrogen) atoms. The molecule has 5 nitrogen and oxygen atoms in total. The lowest BCUT2D eigenvalue weighted by Crippen LogP contribution is -2.37. The van der Waals surface area contributed by atoms with Crippen molar-refractivity contribution >= 4 is 15.9 Å². The normalized spacial score (nSPS) is 19.6. The summed E-state index contributed by atoms with van der Waals surface area (Å²) in [4.78, 5) is 0. The van der Waals surface area contributed by atoms with Crippen molar-refractivity contribution in [1.29, 1.82) is 0 Å². The fraction of sp³-hybridized carbons (Fsp3) is 0.800. The molecule has 1 aromatic heterocycles. The third kappa shape index (κ3) is 4.06. The quantitative estimate of drug-likeness (QED) is 0.812. The van der Waals surface area contributed by atoms with Crippen molar-refractivity contribution in [2.75, 3.05) is 20.8 Å². The van der Waals surface area contributed by atoms with E-state index in [9.17, 15) is 0 Å². The average Bonchev–Trinajstić information content (AvgIpc) is 2.87. The topological polar surface area (TPSA) is 62.3 Å². The first-order valence-electron chi connectivity index (χ1n) is 7.67. The lowest BCUT2D eigenvalue weighted by atomic mass is 9.82. The van der Waals surface area contributed by atoms with E-state index in [1.807, 2.05) is 4.68 Å². The number of nitrogens with two attached hydrogens (primary N) is 1. The summed E-state index contributed by atoms with van der Waals surface area (Å²) in [6.07, 6.45) is 8.14. The van der Waals surface area contributed by atoms with Crippen molar-refractivity contribution < 1.29 is 9.47 Å². The molecule has 120 valence electrons. The maximum absolute atomic E-state index is 6.54. The van der Waals surface area contributed by atoms with Crippen LogP contribution in [0.1, 0.15) is 43.8 Å². The van der Waals surface area contributed by atoms with Gasteiger partial charge in [0.25, 0.3) is 0 Å². The highest BCUT2D eigenvalue weighted by Crippen LogP contribution is 2.35. The molecule has 2 atom stereocenters. The third-order valence-corrected chi connectivity index (χ3v) is 5.01. The summed E-state index contributed by atoms with van der Waals surface area (Å²) in [5, 5.41) is 4.39. The Bertz CT molecular complexity index is 433. The van der Waals surface area contributed by atoms with Gasteiger partial charge >= 0.3 is 0 Å². The van der Waals surface area contributed by atoms with E-state index >= 15 is 0 Å². The molecule has 1 aliphatic carbocycles. The number of rotatable bonds is 7. The van der Waals surface area contributed by atoms with Gasteiger partial charge in [0.15, 0.2) is 0 Å². The Morgan fingerprint density at radius 2 is 2.10 bits per heavy atom. The van der Waals surface area contributed by atoms with Gasteiger partial charge in [-0.05, 0) is 34.7 Å². The summed E-state index contributed by atoms with van der Waals surface area (Å²) in [6, 6.07) is -0.174. The van der Waals surface area contributed by atoms with Gasteiger partial charge in [-0.25, -0.2) is 0 Å². The summed E-state index contributed by atoms with van der Waals surface area (Å²) in [6.45, 7) is 1.32. The molecule has 0 aromatic carbocycles. The Balaban J connectivity index is 2.16. The van der Waals surface area contributed by atoms with Gasteiger partial charge in [-0.2, -0.15) is 5.10 Å². The molecule has 0 spiro atoms. The Morgan fingerprint density at radius 3 is 2.71 bits per heavy atom. The van der Waals surface area contributed by atoms with Crippen LogP contribution >= 0.6 is 15.9 Å². The average molecular weight is 360 g/mol. The Kier molecular flexibility index (Phi) is 6.67. The molecule has 1 fully saturated rings. The highest BCUT2D eigenvalue weighted by atomic mass is 79.9. The summed E-state index contributed by atoms with van der Waals surface area (Å²) in [7, 11) is 3.46. The van der Waals surface area contributed by atoms with Crippen molar-refractivity contribution in [2.45, 2.75) is 50.8 Å². The van der Waals surface area contributed by atoms with Crippen molar-refractivity contribution in [1.82, 2.24) is 9.78 Å². The molecular formula is C15H26BrN3O2. The van der Waals surface area contributed by atoms with Crippen molar-refractivity contribution in [3.63, 3.8) is 0 Å². The fourth-order valence-electron chi connectivity index (χ4n) is 3.31. The van der Waals surface area contributed by atoms with Crippen LogP contribution in [0, 0.1) is 5.92 Å². The van der Waals surface area contributed by atoms with Crippen LogP contribution in [0.5, 0.6) is 0 Å². The molecule has 2 N–H and O–H groups in total. The molecule has 1 aliphatic rings. The monoisotopic (exact) mass is 359 g/mol. The van der Waals surface area contributed by atoms with E-state index in [-0.39, 0.29) is 12.1 Å². The minimum Gasteiger partial charge on any atom is -0.383 e. The molecule has 2 unspecified atom stereocenters. The molecule has 6 heteroatoms. The van der Waals surface area contributed by atoms with Crippen molar-refractivity contribution in [2.24, 2.45) is 11.7 Å². The van der Waals surface area contributed by atoms with Crippen molar-refractivity contribution in [3.8, 4) is 0 Å². The van der Waals surface area contributed by atoms with Gasteiger partial charge in [0, 0.05) is 14.2 Å². The molecule has 1 aromatic rings. The standard InChI is InChI=1S/C15H26BrN3O2/c1-20-9-8-19-14(12(16)10-18-19)13(17)15(21-2)11-6-4-3-5-7-11/h10-11,13,15H,3-9,17H2,1-2H3. The van der Waals surface area contributed by atoms with Crippen LogP contribution in [0.3, 0.4) is 0 Å². The molecule has 0 amide bonds. The summed E-state index contributed by atoms with van der Waals surface area (Å²) >= 11 is 3.57. The van der Waals surface area contributed by atoms with E-state index < -0.39 is 0 Å². The molecule has 0 radical (unpaired) electrons. The summed E-state index contributed by atoms with van der Waals surface area (Å²) < 4.78 is 13.8. The van der Waals surface area contributed by atoms with Crippen LogP contribution in [0.4, 0.5) is 0 Å². The molecule has 1 heterocycles. The van der Waals surface area contributed by atoms with E-state index in [1.54, 1.807) is 20.4 Å². The second-order valence-corrected chi connectivity index (χ2v) is 6.57. The predicted octanol–water partition coefficient (Wildman–Crippen LogP) is 2.89. The van der Waals surface area contributed by atoms with E-state index in [1.165, 1.54) is 32.1 Å². The van der Waals surface area contributed by atoms with Crippen LogP contribution in [0.2, 0.25) is 0 Å². The van der Waals surface area contributed by atoms with E-state index in [4.69, 9.17) is 15.2 Å². The Hall–Kier alpha value is -0.430. The first kappa shape index (κ1) is 16.9. The van der Waals surface area contributed by atoms with Gasteiger partial charge in [-0.3, -0.25) is 4.68 Å². The number of nitrogens with zero attached hydrogens (tertiary/aromatic N) is 2. The van der Waals surface area contributed by atoms with Gasteiger partial charge in [0.2, 0.25) is 0 Å². The molecule has 0 bridgehead atoms. The third-order valence-electron chi connectivity index (χ3n) is 4.40. The highest BCUT2D eigenvalue weighted by Gasteiger charge is 2.32. The molecule has 2 rings (SSSR count). The predicted molar refractivity (Wildman–Crippen MR) is 86.1 cm³/mol. The second-order valence-electron chi connectivity index (χ2n) is 5.72. The number of halogens is 1. The van der Waals surface area contributed by atoms with Gasteiger partial charge in [-0.1, -0.05) is 19.3 Å². The lowest BCUT2D eigenvalue weighted by Gasteiger charge is -2.33. The zero-order valence-corrected chi connectivity index (χ0v) is 14.5. The van der Waals surface area contributed by atoms with Crippen molar-refractivity contribution in [3.05, 3.63) is 16.4 Å². The zero-order chi connectivity index (χ0) is 15.2. The molecule has 1 saturated carbocycles. The Morgan fingerprint density at radius 1 is 1.38 bits per heavy atom. The number of methoxy groups -OCH3 is 2. The Labute approximate surface area is 135 Å². The number of aromatic nitrogens is 2. The van der Waals surface area contributed by atoms with Gasteiger partial charge in [0.05, 0.1) is 41.7 Å². The fourth-order valence-corrected chi connectivity index (χ4v) is 3.87. The first-order chi connectivity index (χ1) is 10.2. The number of hydrogen-bond donors (Lipinski definition) is 1. The van der Waals surface area contributed by atoms with Gasteiger partial charge in [-0.15, -0.1) is 0 Å². The zero-order valence-electron chi connectivity index (χ0n) is 12.9. The minimum absolute atomic E-state index is 0.0413. The van der Waals surface area contributed by atoms with Crippen LogP contribution in [0.25, 0.3) is 0 Å². The largest absolute Gasteiger partial charge is 0.383 e. The number of ether oxygens (including phenoxy) is 2. The first-order valence-corrected chi connectivity index (χ1v) is 8.46. The number of hydrogen-bond acceptors (Lipinski definition) is 4. The second kappa shape index (κ2) is 8.27. The van der Waals surface area contributed by atoms with E-state index in [0.717, 1.165) is 10.2 Å². The van der Waals surface area contributed by atoms with Crippen LogP contribution < -0.4 is 5.73 Å². The van der Waals surface area contributed by atoms with Crippen LogP contribution in [-0.4, -0.2) is 36.7 Å². The highest BCUT2D eigenvalue weighted by molar-refractivity contribution is 9.10. The van der Waals surface area contributed by atoms with Crippen LogP contribution in [0.15, 0.2) is 10.7 Å². The lowest BCUT2D eigenvalue weighted by molar-refractivity contribution is 0.0149. The minimum atomic E-state index is -0.174.